The van der Waals surface area contributed by atoms with Crippen molar-refractivity contribution in [3.05, 3.63) is 51.1 Å². The number of amides is 2. The number of hydrogen-bond acceptors (Lipinski definition) is 8. The maximum absolute atomic E-state index is 12.0. The summed E-state index contributed by atoms with van der Waals surface area (Å²) in [6.45, 7) is -0.255. The van der Waals surface area contributed by atoms with Crippen LogP contribution in [-0.4, -0.2) is 49.2 Å². The van der Waals surface area contributed by atoms with E-state index >= 15 is 0 Å². The molecule has 1 aliphatic carbocycles. The van der Waals surface area contributed by atoms with E-state index in [0.717, 1.165) is 12.8 Å². The van der Waals surface area contributed by atoms with Crippen molar-refractivity contribution in [1.29, 1.82) is 0 Å². The van der Waals surface area contributed by atoms with Gasteiger partial charge >= 0.3 is 0 Å². The van der Waals surface area contributed by atoms with Gasteiger partial charge in [0.15, 0.2) is 5.65 Å². The molecule has 1 saturated carbocycles. The zero-order valence-corrected chi connectivity index (χ0v) is 18.7. The van der Waals surface area contributed by atoms with Gasteiger partial charge in [-0.3, -0.25) is 14.9 Å². The Balaban J connectivity index is 1.54. The fourth-order valence-electron chi connectivity index (χ4n) is 3.54. The Labute approximate surface area is 198 Å². The van der Waals surface area contributed by atoms with Gasteiger partial charge in [-0.1, -0.05) is 23.2 Å². The van der Waals surface area contributed by atoms with Gasteiger partial charge in [0.25, 0.3) is 5.91 Å². The molecule has 3 aromatic rings. The lowest BCUT2D eigenvalue weighted by Crippen LogP contribution is -2.19. The average molecular weight is 488 g/mol. The molecule has 1 aromatic carbocycles. The first-order valence-electron chi connectivity index (χ1n) is 10.3. The molecule has 5 rings (SSSR count). The fraction of sp³-hybridized carbons (Fsp3) is 0.286. The minimum Gasteiger partial charge on any atom is -0.394 e. The van der Waals surface area contributed by atoms with Crippen LogP contribution in [0.3, 0.4) is 0 Å². The van der Waals surface area contributed by atoms with E-state index in [4.69, 9.17) is 23.2 Å². The molecular formula is C21H19Cl2N7O3. The SMILES string of the molecule is O=C1C/C(=C\c2cnn3c(NC4CC4)nc(NC(CO)c4cc(Cl)cc(Cl)c4)nc23)C(=O)N1. The topological polar surface area (TPSA) is 134 Å². The number of fused-ring (bicyclic) bond motifs is 1. The molecule has 2 aromatic heterocycles. The molecule has 1 aliphatic heterocycles. The summed E-state index contributed by atoms with van der Waals surface area (Å²) in [6, 6.07) is 4.74. The number of imide groups is 1. The number of rotatable bonds is 7. The summed E-state index contributed by atoms with van der Waals surface area (Å²) >= 11 is 12.2. The number of anilines is 2. The summed E-state index contributed by atoms with van der Waals surface area (Å²) in [6.07, 6.45) is 5.21. The molecule has 0 bridgehead atoms. The molecule has 1 saturated heterocycles. The zero-order chi connectivity index (χ0) is 23.1. The number of aliphatic hydroxyl groups excluding tert-OH is 1. The van der Waals surface area contributed by atoms with Gasteiger partial charge in [0.1, 0.15) is 0 Å². The Kier molecular flexibility index (Phi) is 5.65. The third-order valence-corrected chi connectivity index (χ3v) is 5.74. The predicted molar refractivity (Wildman–Crippen MR) is 123 cm³/mol. The van der Waals surface area contributed by atoms with Gasteiger partial charge in [0.2, 0.25) is 17.8 Å². The Bertz CT molecular complexity index is 1280. The van der Waals surface area contributed by atoms with Crippen LogP contribution in [0.25, 0.3) is 11.7 Å². The number of benzene rings is 1. The maximum Gasteiger partial charge on any atom is 0.254 e. The third-order valence-electron chi connectivity index (χ3n) is 5.30. The highest BCUT2D eigenvalue weighted by Gasteiger charge is 2.26. The van der Waals surface area contributed by atoms with Gasteiger partial charge in [0.05, 0.1) is 25.3 Å². The number of nitrogens with one attached hydrogen (secondary N) is 3. The number of hydrogen-bond donors (Lipinski definition) is 4. The number of aliphatic hydroxyl groups is 1. The molecule has 1 unspecified atom stereocenters. The highest BCUT2D eigenvalue weighted by molar-refractivity contribution is 6.34. The van der Waals surface area contributed by atoms with Gasteiger partial charge in [-0.25, -0.2) is 0 Å². The van der Waals surface area contributed by atoms with E-state index in [1.54, 1.807) is 35.0 Å². The number of nitrogens with zero attached hydrogens (tertiary/aromatic N) is 4. The van der Waals surface area contributed by atoms with Crippen LogP contribution in [0.5, 0.6) is 0 Å². The lowest BCUT2D eigenvalue weighted by atomic mass is 10.1. The van der Waals surface area contributed by atoms with Crippen LogP contribution < -0.4 is 16.0 Å². The quantitative estimate of drug-likeness (QED) is 0.295. The van der Waals surface area contributed by atoms with Gasteiger partial charge in [-0.05, 0) is 42.7 Å². The third kappa shape index (κ3) is 4.63. The average Bonchev–Trinajstić information content (AvgIpc) is 3.40. The normalized spacial score (nSPS) is 18.1. The Hall–Kier alpha value is -3.21. The second-order valence-electron chi connectivity index (χ2n) is 7.93. The van der Waals surface area contributed by atoms with Crippen LogP contribution in [0.4, 0.5) is 11.9 Å². The zero-order valence-electron chi connectivity index (χ0n) is 17.2. The molecule has 10 nitrogen and oxygen atoms in total. The smallest absolute Gasteiger partial charge is 0.254 e. The van der Waals surface area contributed by atoms with Gasteiger partial charge in [-0.15, -0.1) is 0 Å². The minimum absolute atomic E-state index is 0.00164. The van der Waals surface area contributed by atoms with Crippen molar-refractivity contribution in [2.75, 3.05) is 17.2 Å². The van der Waals surface area contributed by atoms with Gasteiger partial charge in [0, 0.05) is 27.2 Å². The molecule has 3 heterocycles. The number of carbonyl (C=O) groups excluding carboxylic acids is 2. The van der Waals surface area contributed by atoms with Gasteiger partial charge in [-0.2, -0.15) is 19.6 Å². The predicted octanol–water partition coefficient (Wildman–Crippen LogP) is 2.58. The van der Waals surface area contributed by atoms with Crippen LogP contribution in [0.1, 0.15) is 36.4 Å². The summed E-state index contributed by atoms with van der Waals surface area (Å²) in [7, 11) is 0. The molecule has 170 valence electrons. The first-order chi connectivity index (χ1) is 15.9. The highest BCUT2D eigenvalue weighted by Crippen LogP contribution is 2.28. The standard InChI is InChI=1S/C21H19Cl2N7O3/c22-13-4-10(5-14(23)7-13)16(9-31)26-20-28-18-12(3-11-6-17(32)27-19(11)33)8-24-30(18)21(29-20)25-15-1-2-15/h3-5,7-8,15-16,31H,1-2,6,9H2,(H,27,32,33)(H2,25,26,28,29)/b11-3+. The molecule has 2 aliphatic rings. The lowest BCUT2D eigenvalue weighted by Gasteiger charge is -2.18. The van der Waals surface area contributed by atoms with Crippen LogP contribution in [0.2, 0.25) is 10.0 Å². The molecule has 1 atom stereocenters. The summed E-state index contributed by atoms with van der Waals surface area (Å²) in [5.41, 5.74) is 2.01. The second kappa shape index (κ2) is 8.62. The Morgan fingerprint density at radius 1 is 1.21 bits per heavy atom. The molecule has 33 heavy (non-hydrogen) atoms. The van der Waals surface area contributed by atoms with Crippen LogP contribution >= 0.6 is 23.2 Å². The van der Waals surface area contributed by atoms with Crippen molar-refractivity contribution in [2.24, 2.45) is 0 Å². The summed E-state index contributed by atoms with van der Waals surface area (Å²) in [5.74, 6) is -0.0571. The van der Waals surface area contributed by atoms with E-state index in [1.165, 1.54) is 0 Å². The van der Waals surface area contributed by atoms with Gasteiger partial charge < -0.3 is 15.7 Å². The van der Waals surface area contributed by atoms with Crippen LogP contribution in [-0.2, 0) is 9.59 Å². The minimum atomic E-state index is -0.569. The van der Waals surface area contributed by atoms with Crippen molar-refractivity contribution in [3.8, 4) is 0 Å². The van der Waals surface area contributed by atoms with Crippen LogP contribution in [0.15, 0.2) is 30.0 Å². The number of carbonyl (C=O) groups is 2. The van der Waals surface area contributed by atoms with Crippen molar-refractivity contribution in [2.45, 2.75) is 31.3 Å². The van der Waals surface area contributed by atoms with E-state index in [9.17, 15) is 14.7 Å². The summed E-state index contributed by atoms with van der Waals surface area (Å²) in [5, 5.41) is 24.0. The molecule has 0 spiro atoms. The fourth-order valence-corrected chi connectivity index (χ4v) is 4.08. The summed E-state index contributed by atoms with van der Waals surface area (Å²) < 4.78 is 1.55. The summed E-state index contributed by atoms with van der Waals surface area (Å²) in [4.78, 5) is 32.7. The van der Waals surface area contributed by atoms with E-state index in [2.05, 4.69) is 31.0 Å². The maximum atomic E-state index is 12.0. The molecule has 4 N–H and O–H groups in total. The molecule has 0 radical (unpaired) electrons. The first kappa shape index (κ1) is 21.6. The number of aromatic nitrogens is 4. The van der Waals surface area contributed by atoms with Crippen molar-refractivity contribution in [3.63, 3.8) is 0 Å². The first-order valence-corrected chi connectivity index (χ1v) is 11.1. The Morgan fingerprint density at radius 3 is 2.61 bits per heavy atom. The van der Waals surface area contributed by atoms with E-state index < -0.39 is 11.9 Å². The molecule has 12 heteroatoms. The van der Waals surface area contributed by atoms with Crippen molar-refractivity contribution >= 4 is 58.6 Å². The van der Waals surface area contributed by atoms with Crippen molar-refractivity contribution < 1.29 is 14.7 Å². The van der Waals surface area contributed by atoms with Crippen LogP contribution in [0, 0.1) is 0 Å². The van der Waals surface area contributed by atoms with E-state index in [-0.39, 0.29) is 24.9 Å². The second-order valence-corrected chi connectivity index (χ2v) is 8.80. The van der Waals surface area contributed by atoms with Crippen molar-refractivity contribution in [1.82, 2.24) is 24.9 Å². The molecular weight excluding hydrogens is 469 g/mol. The lowest BCUT2D eigenvalue weighted by molar-refractivity contribution is -0.124. The van der Waals surface area contributed by atoms with E-state index in [1.807, 2.05) is 0 Å². The molecule has 2 amide bonds. The van der Waals surface area contributed by atoms with E-state index in [0.29, 0.717) is 44.4 Å². The Morgan fingerprint density at radius 2 is 1.97 bits per heavy atom. The number of halogens is 2. The monoisotopic (exact) mass is 487 g/mol. The highest BCUT2D eigenvalue weighted by atomic mass is 35.5. The molecule has 2 fully saturated rings. The largest absolute Gasteiger partial charge is 0.394 e.